The Balaban J connectivity index is 1.77. The van der Waals surface area contributed by atoms with Crippen LogP contribution < -0.4 is 10.2 Å². The molecular formula is C21H28N4O. The second-order valence-corrected chi connectivity index (χ2v) is 6.87. The highest BCUT2D eigenvalue weighted by atomic mass is 16.2. The number of rotatable bonds is 6. The van der Waals surface area contributed by atoms with Gasteiger partial charge in [-0.25, -0.2) is 9.78 Å². The first-order valence-corrected chi connectivity index (χ1v) is 9.50. The van der Waals surface area contributed by atoms with Crippen LogP contribution in [0.4, 0.5) is 16.3 Å². The van der Waals surface area contributed by atoms with Gasteiger partial charge in [-0.3, -0.25) is 0 Å². The zero-order valence-corrected chi connectivity index (χ0v) is 15.7. The van der Waals surface area contributed by atoms with Crippen LogP contribution in [0.2, 0.25) is 0 Å². The van der Waals surface area contributed by atoms with Gasteiger partial charge >= 0.3 is 6.03 Å². The van der Waals surface area contributed by atoms with Gasteiger partial charge in [0.05, 0.1) is 5.69 Å². The molecule has 0 bridgehead atoms. The third kappa shape index (κ3) is 4.34. The molecule has 1 saturated heterocycles. The van der Waals surface area contributed by atoms with E-state index in [0.29, 0.717) is 6.54 Å². The number of anilines is 2. The first kappa shape index (κ1) is 18.2. The molecule has 5 nitrogen and oxygen atoms in total. The summed E-state index contributed by atoms with van der Waals surface area (Å²) in [6, 6.07) is 14.0. The maximum atomic E-state index is 13.1. The molecule has 1 aromatic heterocycles. The first-order chi connectivity index (χ1) is 12.7. The van der Waals surface area contributed by atoms with E-state index in [9.17, 15) is 4.79 Å². The summed E-state index contributed by atoms with van der Waals surface area (Å²) in [4.78, 5) is 21.7. The van der Waals surface area contributed by atoms with Crippen LogP contribution in [0.5, 0.6) is 0 Å². The fourth-order valence-corrected chi connectivity index (χ4v) is 3.29. The Labute approximate surface area is 156 Å². The normalized spacial score (nSPS) is 14.9. The van der Waals surface area contributed by atoms with E-state index in [1.54, 1.807) is 6.20 Å². The maximum Gasteiger partial charge on any atom is 0.322 e. The molecule has 2 heterocycles. The molecule has 1 atom stereocenters. The third-order valence-corrected chi connectivity index (χ3v) is 5.01. The molecule has 0 saturated carbocycles. The van der Waals surface area contributed by atoms with Crippen molar-refractivity contribution in [2.75, 3.05) is 23.3 Å². The largest absolute Gasteiger partial charge is 0.355 e. The molecule has 0 aliphatic carbocycles. The minimum atomic E-state index is -0.0725. The summed E-state index contributed by atoms with van der Waals surface area (Å²) >= 11 is 0. The van der Waals surface area contributed by atoms with E-state index in [2.05, 4.69) is 41.2 Å². The summed E-state index contributed by atoms with van der Waals surface area (Å²) in [6.07, 6.45) is 5.06. The number of nitrogens with zero attached hydrogens (tertiary/aromatic N) is 3. The highest BCUT2D eigenvalue weighted by Crippen LogP contribution is 2.26. The predicted molar refractivity (Wildman–Crippen MR) is 106 cm³/mol. The molecule has 2 amide bonds. The van der Waals surface area contributed by atoms with Crippen LogP contribution in [-0.2, 0) is 6.54 Å². The molecule has 5 heteroatoms. The fourth-order valence-electron chi connectivity index (χ4n) is 3.29. The number of urea groups is 1. The Morgan fingerprint density at radius 3 is 2.62 bits per heavy atom. The van der Waals surface area contributed by atoms with Crippen LogP contribution >= 0.6 is 0 Å². The summed E-state index contributed by atoms with van der Waals surface area (Å²) in [7, 11) is 0. The van der Waals surface area contributed by atoms with Gasteiger partial charge in [0.1, 0.15) is 0 Å². The highest BCUT2D eigenvalue weighted by molar-refractivity contribution is 5.92. The second kappa shape index (κ2) is 8.70. The molecular weight excluding hydrogens is 324 g/mol. The SMILES string of the molecule is CCC(C)N(Cc1ccccc1)C(=O)Nc1cccnc1N1CCCC1. The van der Waals surface area contributed by atoms with Crippen molar-refractivity contribution in [3.63, 3.8) is 0 Å². The number of amides is 2. The molecule has 1 aliphatic heterocycles. The Bertz CT molecular complexity index is 713. The number of carbonyl (C=O) groups is 1. The summed E-state index contributed by atoms with van der Waals surface area (Å²) in [5.74, 6) is 0.877. The Morgan fingerprint density at radius 2 is 1.92 bits per heavy atom. The van der Waals surface area contributed by atoms with Crippen LogP contribution in [0.3, 0.4) is 0 Å². The van der Waals surface area contributed by atoms with Crippen LogP contribution in [0.15, 0.2) is 48.7 Å². The lowest BCUT2D eigenvalue weighted by Gasteiger charge is -2.30. The van der Waals surface area contributed by atoms with Crippen molar-refractivity contribution in [2.24, 2.45) is 0 Å². The van der Waals surface area contributed by atoms with E-state index >= 15 is 0 Å². The van der Waals surface area contributed by atoms with E-state index in [1.807, 2.05) is 35.2 Å². The van der Waals surface area contributed by atoms with Crippen molar-refractivity contribution in [1.82, 2.24) is 9.88 Å². The molecule has 1 aliphatic rings. The molecule has 2 aromatic rings. The average molecular weight is 352 g/mol. The summed E-state index contributed by atoms with van der Waals surface area (Å²) in [5.41, 5.74) is 1.93. The van der Waals surface area contributed by atoms with Crippen molar-refractivity contribution in [3.05, 3.63) is 54.2 Å². The molecule has 138 valence electrons. The molecule has 1 aromatic carbocycles. The molecule has 0 spiro atoms. The van der Waals surface area contributed by atoms with Crippen LogP contribution in [0.25, 0.3) is 0 Å². The van der Waals surface area contributed by atoms with Gasteiger partial charge in [-0.15, -0.1) is 0 Å². The number of benzene rings is 1. The summed E-state index contributed by atoms with van der Waals surface area (Å²) in [6.45, 7) is 6.79. The van der Waals surface area contributed by atoms with E-state index in [4.69, 9.17) is 0 Å². The van der Waals surface area contributed by atoms with Gasteiger partial charge in [0, 0.05) is 31.9 Å². The van der Waals surface area contributed by atoms with Gasteiger partial charge in [-0.2, -0.15) is 0 Å². The van der Waals surface area contributed by atoms with Crippen molar-refractivity contribution in [1.29, 1.82) is 0 Å². The van der Waals surface area contributed by atoms with Crippen molar-refractivity contribution in [2.45, 2.75) is 45.7 Å². The van der Waals surface area contributed by atoms with E-state index < -0.39 is 0 Å². The predicted octanol–water partition coefficient (Wildman–Crippen LogP) is 4.51. The lowest BCUT2D eigenvalue weighted by atomic mass is 10.1. The fraction of sp³-hybridized carbons (Fsp3) is 0.429. The lowest BCUT2D eigenvalue weighted by Crippen LogP contribution is -2.41. The standard InChI is InChI=1S/C21H28N4O/c1-3-17(2)25(16-18-10-5-4-6-11-18)21(26)23-19-12-9-13-22-20(19)24-14-7-8-15-24/h4-6,9-13,17H,3,7-8,14-16H2,1-2H3,(H,23,26). The number of hydrogen-bond acceptors (Lipinski definition) is 3. The zero-order chi connectivity index (χ0) is 18.4. The number of hydrogen-bond donors (Lipinski definition) is 1. The van der Waals surface area contributed by atoms with Gasteiger partial charge < -0.3 is 15.1 Å². The zero-order valence-electron chi connectivity index (χ0n) is 15.7. The van der Waals surface area contributed by atoms with Crippen molar-refractivity contribution < 1.29 is 4.79 Å². The van der Waals surface area contributed by atoms with Crippen molar-refractivity contribution >= 4 is 17.5 Å². The average Bonchev–Trinajstić information content (AvgIpc) is 3.21. The van der Waals surface area contributed by atoms with E-state index in [1.165, 1.54) is 12.8 Å². The topological polar surface area (TPSA) is 48.5 Å². The second-order valence-electron chi connectivity index (χ2n) is 6.87. The van der Waals surface area contributed by atoms with E-state index in [-0.39, 0.29) is 12.1 Å². The van der Waals surface area contributed by atoms with Gasteiger partial charge in [-0.1, -0.05) is 37.3 Å². The van der Waals surface area contributed by atoms with Crippen LogP contribution in [0.1, 0.15) is 38.7 Å². The minimum absolute atomic E-state index is 0.0725. The van der Waals surface area contributed by atoms with Gasteiger partial charge in [-0.05, 0) is 43.9 Å². The Morgan fingerprint density at radius 1 is 1.19 bits per heavy atom. The smallest absolute Gasteiger partial charge is 0.322 e. The molecule has 1 unspecified atom stereocenters. The monoisotopic (exact) mass is 352 g/mol. The molecule has 3 rings (SSSR count). The van der Waals surface area contributed by atoms with Gasteiger partial charge in [0.2, 0.25) is 0 Å². The lowest BCUT2D eigenvalue weighted by molar-refractivity contribution is 0.187. The third-order valence-electron chi connectivity index (χ3n) is 5.01. The first-order valence-electron chi connectivity index (χ1n) is 9.50. The summed E-state index contributed by atoms with van der Waals surface area (Å²) < 4.78 is 0. The molecule has 1 N–H and O–H groups in total. The number of carbonyl (C=O) groups excluding carboxylic acids is 1. The number of aromatic nitrogens is 1. The molecule has 1 fully saturated rings. The number of pyridine rings is 1. The maximum absolute atomic E-state index is 13.1. The molecule has 26 heavy (non-hydrogen) atoms. The van der Waals surface area contributed by atoms with Gasteiger partial charge in [0.25, 0.3) is 0 Å². The highest BCUT2D eigenvalue weighted by Gasteiger charge is 2.22. The van der Waals surface area contributed by atoms with E-state index in [0.717, 1.165) is 36.6 Å². The summed E-state index contributed by atoms with van der Waals surface area (Å²) in [5, 5.41) is 3.11. The Hall–Kier alpha value is -2.56. The molecule has 0 radical (unpaired) electrons. The Kier molecular flexibility index (Phi) is 6.10. The van der Waals surface area contributed by atoms with Crippen LogP contribution in [-0.4, -0.2) is 35.0 Å². The van der Waals surface area contributed by atoms with Crippen LogP contribution in [0, 0.1) is 0 Å². The number of nitrogens with one attached hydrogen (secondary N) is 1. The van der Waals surface area contributed by atoms with Gasteiger partial charge in [0.15, 0.2) is 5.82 Å². The van der Waals surface area contributed by atoms with Crippen molar-refractivity contribution in [3.8, 4) is 0 Å². The quantitative estimate of drug-likeness (QED) is 0.832. The minimum Gasteiger partial charge on any atom is -0.355 e.